The van der Waals surface area contributed by atoms with E-state index in [0.29, 0.717) is 16.3 Å². The summed E-state index contributed by atoms with van der Waals surface area (Å²) in [6.45, 7) is 4.22. The van der Waals surface area contributed by atoms with Gasteiger partial charge in [-0.05, 0) is 36.2 Å². The summed E-state index contributed by atoms with van der Waals surface area (Å²) >= 11 is 6.16. The summed E-state index contributed by atoms with van der Waals surface area (Å²) in [5.41, 5.74) is 3.01. The molecule has 0 radical (unpaired) electrons. The van der Waals surface area contributed by atoms with Crippen molar-refractivity contribution in [3.05, 3.63) is 66.0 Å². The number of hydrogen-bond donors (Lipinski definition) is 0. The van der Waals surface area contributed by atoms with Gasteiger partial charge in [0.05, 0.1) is 5.52 Å². The summed E-state index contributed by atoms with van der Waals surface area (Å²) in [5, 5.41) is 1.58. The molecule has 3 aromatic rings. The molecule has 6 heteroatoms. The van der Waals surface area contributed by atoms with E-state index >= 15 is 0 Å². The first-order valence-corrected chi connectivity index (χ1v) is 8.18. The molecule has 124 valence electrons. The summed E-state index contributed by atoms with van der Waals surface area (Å²) in [5.74, 6) is 0.733. The minimum atomic E-state index is -0.503. The minimum absolute atomic E-state index is 0.423. The number of aromatic nitrogens is 2. The number of esters is 1. The van der Waals surface area contributed by atoms with Crippen LogP contribution in [0.1, 0.15) is 5.56 Å². The fourth-order valence-corrected chi connectivity index (χ4v) is 3.20. The molecule has 1 aromatic heterocycles. The van der Waals surface area contributed by atoms with Gasteiger partial charge in [-0.15, -0.1) is 0 Å². The van der Waals surface area contributed by atoms with Gasteiger partial charge in [-0.3, -0.25) is 0 Å². The lowest BCUT2D eigenvalue weighted by molar-refractivity contribution is -0.128. The third-order valence-corrected chi connectivity index (χ3v) is 4.41. The van der Waals surface area contributed by atoms with E-state index in [9.17, 15) is 4.79 Å². The SMILES string of the molecule is C=CC(=O)Oc1ccc2c(N3CCc4ccc(Cl)cc43)ncnc2c1. The van der Waals surface area contributed by atoms with Crippen LogP contribution in [0.4, 0.5) is 11.5 Å². The van der Waals surface area contributed by atoms with Gasteiger partial charge >= 0.3 is 5.97 Å². The molecule has 2 aromatic carbocycles. The Morgan fingerprint density at radius 2 is 2.12 bits per heavy atom. The molecule has 4 rings (SSSR count). The Hall–Kier alpha value is -2.92. The van der Waals surface area contributed by atoms with Crippen LogP contribution in [0.25, 0.3) is 10.9 Å². The molecule has 5 nitrogen and oxygen atoms in total. The quantitative estimate of drug-likeness (QED) is 0.404. The Labute approximate surface area is 149 Å². The van der Waals surface area contributed by atoms with Crippen molar-refractivity contribution in [3.8, 4) is 5.75 Å². The molecule has 0 amide bonds. The molecule has 1 aliphatic heterocycles. The van der Waals surface area contributed by atoms with E-state index in [1.807, 2.05) is 24.3 Å². The third-order valence-electron chi connectivity index (χ3n) is 4.17. The van der Waals surface area contributed by atoms with Crippen molar-refractivity contribution in [2.75, 3.05) is 11.4 Å². The summed E-state index contributed by atoms with van der Waals surface area (Å²) < 4.78 is 5.16. The Morgan fingerprint density at radius 3 is 2.96 bits per heavy atom. The van der Waals surface area contributed by atoms with Crippen molar-refractivity contribution in [1.82, 2.24) is 9.97 Å². The van der Waals surface area contributed by atoms with Crippen LogP contribution in [0.2, 0.25) is 5.02 Å². The maximum absolute atomic E-state index is 11.4. The van der Waals surface area contributed by atoms with E-state index in [2.05, 4.69) is 21.4 Å². The zero-order chi connectivity index (χ0) is 17.4. The lowest BCUT2D eigenvalue weighted by Gasteiger charge is -2.20. The van der Waals surface area contributed by atoms with Gasteiger partial charge in [0, 0.05) is 34.8 Å². The second-order valence-corrected chi connectivity index (χ2v) is 6.11. The molecule has 25 heavy (non-hydrogen) atoms. The van der Waals surface area contributed by atoms with Crippen molar-refractivity contribution in [2.45, 2.75) is 6.42 Å². The van der Waals surface area contributed by atoms with Crippen molar-refractivity contribution in [3.63, 3.8) is 0 Å². The Bertz CT molecular complexity index is 1000. The molecule has 0 unspecified atom stereocenters. The number of benzene rings is 2. The van der Waals surface area contributed by atoms with E-state index in [1.54, 1.807) is 12.1 Å². The predicted octanol–water partition coefficient (Wildman–Crippen LogP) is 4.07. The summed E-state index contributed by atoms with van der Waals surface area (Å²) in [7, 11) is 0. The number of anilines is 2. The van der Waals surface area contributed by atoms with Gasteiger partial charge in [-0.1, -0.05) is 24.2 Å². The monoisotopic (exact) mass is 351 g/mol. The number of ether oxygens (including phenoxy) is 1. The highest BCUT2D eigenvalue weighted by molar-refractivity contribution is 6.31. The first kappa shape index (κ1) is 15.6. The van der Waals surface area contributed by atoms with Gasteiger partial charge in [0.2, 0.25) is 0 Å². The lowest BCUT2D eigenvalue weighted by atomic mass is 10.1. The molecule has 0 bridgehead atoms. The van der Waals surface area contributed by atoms with Crippen molar-refractivity contribution in [2.24, 2.45) is 0 Å². The highest BCUT2D eigenvalue weighted by Crippen LogP contribution is 2.38. The fraction of sp³-hybridized carbons (Fsp3) is 0.105. The smallest absolute Gasteiger partial charge is 0.335 e. The van der Waals surface area contributed by atoms with E-state index in [1.165, 1.54) is 11.9 Å². The number of nitrogens with zero attached hydrogens (tertiary/aromatic N) is 3. The van der Waals surface area contributed by atoms with E-state index in [0.717, 1.165) is 35.9 Å². The normalized spacial score (nSPS) is 12.9. The molecule has 0 N–H and O–H groups in total. The Kier molecular flexibility index (Phi) is 3.86. The van der Waals surface area contributed by atoms with E-state index in [4.69, 9.17) is 16.3 Å². The van der Waals surface area contributed by atoms with Gasteiger partial charge in [-0.25, -0.2) is 14.8 Å². The number of fused-ring (bicyclic) bond motifs is 2. The second kappa shape index (κ2) is 6.18. The number of hydrogen-bond acceptors (Lipinski definition) is 5. The molecular formula is C19H14ClN3O2. The predicted molar refractivity (Wildman–Crippen MR) is 97.5 cm³/mol. The maximum atomic E-state index is 11.4. The summed E-state index contributed by atoms with van der Waals surface area (Å²) in [4.78, 5) is 22.3. The van der Waals surface area contributed by atoms with Crippen LogP contribution in [0.5, 0.6) is 5.75 Å². The molecule has 0 saturated heterocycles. The number of carbonyl (C=O) groups is 1. The van der Waals surface area contributed by atoms with Gasteiger partial charge in [0.1, 0.15) is 17.9 Å². The first-order chi connectivity index (χ1) is 12.2. The molecule has 0 atom stereocenters. The van der Waals surface area contributed by atoms with Crippen molar-refractivity contribution >= 4 is 40.0 Å². The average molecular weight is 352 g/mol. The Morgan fingerprint density at radius 1 is 1.24 bits per heavy atom. The summed E-state index contributed by atoms with van der Waals surface area (Å²) in [6, 6.07) is 11.2. The van der Waals surface area contributed by atoms with Crippen molar-refractivity contribution in [1.29, 1.82) is 0 Å². The van der Waals surface area contributed by atoms with Crippen LogP contribution >= 0.6 is 11.6 Å². The average Bonchev–Trinajstić information content (AvgIpc) is 3.03. The molecule has 0 saturated carbocycles. The fourth-order valence-electron chi connectivity index (χ4n) is 3.03. The third kappa shape index (κ3) is 2.83. The van der Waals surface area contributed by atoms with E-state index in [-0.39, 0.29) is 0 Å². The van der Waals surface area contributed by atoms with Crippen LogP contribution in [0.3, 0.4) is 0 Å². The van der Waals surface area contributed by atoms with Crippen LogP contribution in [0, 0.1) is 0 Å². The van der Waals surface area contributed by atoms with Crippen LogP contribution in [-0.2, 0) is 11.2 Å². The lowest BCUT2D eigenvalue weighted by Crippen LogP contribution is -2.15. The van der Waals surface area contributed by atoms with E-state index < -0.39 is 5.97 Å². The highest BCUT2D eigenvalue weighted by atomic mass is 35.5. The number of carbonyl (C=O) groups excluding carboxylic acids is 1. The zero-order valence-electron chi connectivity index (χ0n) is 13.3. The van der Waals surface area contributed by atoms with Crippen molar-refractivity contribution < 1.29 is 9.53 Å². The molecule has 0 spiro atoms. The minimum Gasteiger partial charge on any atom is -0.423 e. The van der Waals surface area contributed by atoms with Gasteiger partial charge in [0.25, 0.3) is 0 Å². The molecule has 0 aliphatic carbocycles. The Balaban J connectivity index is 1.78. The number of rotatable bonds is 3. The van der Waals surface area contributed by atoms with Crippen LogP contribution < -0.4 is 9.64 Å². The topological polar surface area (TPSA) is 55.3 Å². The van der Waals surface area contributed by atoms with Gasteiger partial charge in [-0.2, -0.15) is 0 Å². The molecular weight excluding hydrogens is 338 g/mol. The second-order valence-electron chi connectivity index (χ2n) is 5.68. The highest BCUT2D eigenvalue weighted by Gasteiger charge is 2.23. The number of halogens is 1. The molecule has 1 aliphatic rings. The van der Waals surface area contributed by atoms with Gasteiger partial charge in [0.15, 0.2) is 0 Å². The maximum Gasteiger partial charge on any atom is 0.335 e. The standard InChI is InChI=1S/C19H14ClN3O2/c1-2-18(24)25-14-5-6-15-16(10-14)21-11-22-19(15)23-8-7-12-3-4-13(20)9-17(12)23/h2-6,9-11H,1,7-8H2. The van der Waals surface area contributed by atoms with Gasteiger partial charge < -0.3 is 9.64 Å². The molecule has 2 heterocycles. The first-order valence-electron chi connectivity index (χ1n) is 7.80. The summed E-state index contributed by atoms with van der Waals surface area (Å²) in [6.07, 6.45) is 3.58. The van der Waals surface area contributed by atoms with Crippen LogP contribution in [-0.4, -0.2) is 22.5 Å². The zero-order valence-corrected chi connectivity index (χ0v) is 14.0. The molecule has 0 fully saturated rings. The largest absolute Gasteiger partial charge is 0.423 e. The van der Waals surface area contributed by atoms with Crippen LogP contribution in [0.15, 0.2) is 55.4 Å².